The summed E-state index contributed by atoms with van der Waals surface area (Å²) in [5.41, 5.74) is 2.88. The lowest BCUT2D eigenvalue weighted by Gasteiger charge is -2.33. The molecule has 3 aromatic carbocycles. The highest BCUT2D eigenvalue weighted by Gasteiger charge is 2.42. The zero-order chi connectivity index (χ0) is 15.8. The van der Waals surface area contributed by atoms with Gasteiger partial charge >= 0.3 is 5.97 Å². The van der Waals surface area contributed by atoms with Crippen LogP contribution in [0.1, 0.15) is 17.0 Å². The number of hydrogen-bond acceptors (Lipinski definition) is 2. The van der Waals surface area contributed by atoms with Gasteiger partial charge in [-0.1, -0.05) is 72.8 Å². The van der Waals surface area contributed by atoms with E-state index in [1.54, 1.807) is 0 Å². The third-order valence-electron chi connectivity index (χ3n) is 4.37. The van der Waals surface area contributed by atoms with Crippen molar-refractivity contribution in [3.05, 3.63) is 83.9 Å². The van der Waals surface area contributed by atoms with Gasteiger partial charge in [0.2, 0.25) is 0 Å². The van der Waals surface area contributed by atoms with E-state index in [-0.39, 0.29) is 5.92 Å². The van der Waals surface area contributed by atoms with Gasteiger partial charge in [-0.3, -0.25) is 4.99 Å². The highest BCUT2D eigenvalue weighted by Crippen LogP contribution is 2.38. The molecule has 0 amide bonds. The maximum atomic E-state index is 11.6. The van der Waals surface area contributed by atoms with Crippen molar-refractivity contribution in [1.82, 2.24) is 0 Å². The third-order valence-corrected chi connectivity index (χ3v) is 4.37. The summed E-state index contributed by atoms with van der Waals surface area (Å²) in [6.07, 6.45) is 0. The van der Waals surface area contributed by atoms with Crippen molar-refractivity contribution in [2.24, 2.45) is 4.99 Å². The highest BCUT2D eigenvalue weighted by molar-refractivity contribution is 6.14. The van der Waals surface area contributed by atoms with E-state index < -0.39 is 12.0 Å². The number of hydrogen-bond donors (Lipinski definition) is 1. The minimum Gasteiger partial charge on any atom is -0.480 e. The fourth-order valence-electron chi connectivity index (χ4n) is 3.27. The summed E-state index contributed by atoms with van der Waals surface area (Å²) in [4.78, 5) is 15.9. The quantitative estimate of drug-likeness (QED) is 0.798. The third kappa shape index (κ3) is 2.21. The molecular formula is C20H15NO2. The lowest BCUT2D eigenvalue weighted by molar-refractivity contribution is -0.139. The second-order valence-electron chi connectivity index (χ2n) is 5.71. The molecule has 23 heavy (non-hydrogen) atoms. The topological polar surface area (TPSA) is 49.7 Å². The van der Waals surface area contributed by atoms with Crippen LogP contribution in [-0.2, 0) is 4.79 Å². The summed E-state index contributed by atoms with van der Waals surface area (Å²) in [5.74, 6) is -1.08. The Balaban J connectivity index is 1.88. The number of aliphatic imine (C=N–C) groups is 1. The Bertz CT molecular complexity index is 910. The molecule has 3 nitrogen and oxygen atoms in total. The normalized spacial score (nSPS) is 19.9. The molecule has 1 aliphatic heterocycles. The number of carboxylic acids is 1. The van der Waals surface area contributed by atoms with E-state index in [2.05, 4.69) is 4.99 Å². The molecule has 0 saturated heterocycles. The maximum Gasteiger partial charge on any atom is 0.329 e. The summed E-state index contributed by atoms with van der Waals surface area (Å²) in [6, 6.07) is 23.2. The monoisotopic (exact) mass is 301 g/mol. The first kappa shape index (κ1) is 13.7. The number of nitrogens with zero attached hydrogens (tertiary/aromatic N) is 1. The Hall–Kier alpha value is -2.94. The second-order valence-corrected chi connectivity index (χ2v) is 5.71. The Kier molecular flexibility index (Phi) is 3.19. The van der Waals surface area contributed by atoms with Crippen LogP contribution in [0.25, 0.3) is 10.8 Å². The van der Waals surface area contributed by atoms with E-state index in [4.69, 9.17) is 0 Å². The first-order valence-electron chi connectivity index (χ1n) is 7.59. The van der Waals surface area contributed by atoms with E-state index in [9.17, 15) is 9.90 Å². The van der Waals surface area contributed by atoms with Crippen LogP contribution >= 0.6 is 0 Å². The van der Waals surface area contributed by atoms with Gasteiger partial charge in [-0.2, -0.15) is 0 Å². The number of benzene rings is 3. The fourth-order valence-corrected chi connectivity index (χ4v) is 3.27. The molecule has 2 atom stereocenters. The second kappa shape index (κ2) is 5.36. The van der Waals surface area contributed by atoms with Gasteiger partial charge < -0.3 is 5.11 Å². The summed E-state index contributed by atoms with van der Waals surface area (Å²) >= 11 is 0. The SMILES string of the molecule is O=C(O)[C@H]1N=C(c2ccccc2)[C@H]1c1cccc2ccccc12. The molecule has 3 heteroatoms. The molecule has 4 rings (SSSR count). The standard InChI is InChI=1S/C20H15NO2/c22-20(23)19-17(18(21-19)14-8-2-1-3-9-14)16-12-6-10-13-7-4-5-11-15(13)16/h1-12,17,19H,(H,22,23)/t17-,19+/m1/s1. The first-order valence-corrected chi connectivity index (χ1v) is 7.59. The molecule has 1 heterocycles. The molecule has 0 saturated carbocycles. The largest absolute Gasteiger partial charge is 0.480 e. The van der Waals surface area contributed by atoms with Crippen molar-refractivity contribution in [1.29, 1.82) is 0 Å². The molecule has 0 radical (unpaired) electrons. The first-order chi connectivity index (χ1) is 11.3. The van der Waals surface area contributed by atoms with Gasteiger partial charge in [-0.05, 0) is 21.9 Å². The van der Waals surface area contributed by atoms with Crippen LogP contribution in [-0.4, -0.2) is 22.8 Å². The molecule has 0 spiro atoms. The summed E-state index contributed by atoms with van der Waals surface area (Å²) in [6.45, 7) is 0. The number of fused-ring (bicyclic) bond motifs is 1. The van der Waals surface area contributed by atoms with Gasteiger partial charge in [-0.25, -0.2) is 4.79 Å². The average Bonchev–Trinajstić information content (AvgIpc) is 2.55. The van der Waals surface area contributed by atoms with E-state index in [1.807, 2.05) is 72.8 Å². The van der Waals surface area contributed by atoms with Crippen LogP contribution in [0.4, 0.5) is 0 Å². The molecule has 0 fully saturated rings. The van der Waals surface area contributed by atoms with E-state index in [0.717, 1.165) is 27.6 Å². The van der Waals surface area contributed by atoms with Crippen molar-refractivity contribution >= 4 is 22.5 Å². The van der Waals surface area contributed by atoms with Crippen LogP contribution in [0, 0.1) is 0 Å². The fraction of sp³-hybridized carbons (Fsp3) is 0.100. The summed E-state index contributed by atoms with van der Waals surface area (Å²) < 4.78 is 0. The molecule has 0 aliphatic carbocycles. The Labute approximate surface area is 133 Å². The molecule has 0 unspecified atom stereocenters. The zero-order valence-electron chi connectivity index (χ0n) is 12.4. The molecule has 112 valence electrons. The number of carbonyl (C=O) groups is 1. The lowest BCUT2D eigenvalue weighted by Crippen LogP contribution is -2.41. The van der Waals surface area contributed by atoms with Crippen molar-refractivity contribution in [3.8, 4) is 0 Å². The van der Waals surface area contributed by atoms with Crippen molar-refractivity contribution in [3.63, 3.8) is 0 Å². The molecule has 1 N–H and O–H groups in total. The minimum atomic E-state index is -0.873. The lowest BCUT2D eigenvalue weighted by atomic mass is 9.77. The van der Waals surface area contributed by atoms with Gasteiger partial charge in [0.05, 0.1) is 11.6 Å². The average molecular weight is 301 g/mol. The molecular weight excluding hydrogens is 286 g/mol. The van der Waals surface area contributed by atoms with Crippen LogP contribution in [0.3, 0.4) is 0 Å². The number of carboxylic acid groups (broad SMARTS) is 1. The highest BCUT2D eigenvalue weighted by atomic mass is 16.4. The van der Waals surface area contributed by atoms with Crippen molar-refractivity contribution in [2.45, 2.75) is 12.0 Å². The Morgan fingerprint density at radius 1 is 0.870 bits per heavy atom. The number of aliphatic carboxylic acids is 1. The van der Waals surface area contributed by atoms with Gasteiger partial charge in [0.1, 0.15) is 0 Å². The molecule has 1 aliphatic rings. The predicted octanol–water partition coefficient (Wildman–Crippen LogP) is 3.88. The van der Waals surface area contributed by atoms with Gasteiger partial charge in [0, 0.05) is 0 Å². The summed E-state index contributed by atoms with van der Waals surface area (Å²) in [5, 5.41) is 11.7. The van der Waals surface area contributed by atoms with Crippen LogP contribution < -0.4 is 0 Å². The van der Waals surface area contributed by atoms with Gasteiger partial charge in [-0.15, -0.1) is 0 Å². The van der Waals surface area contributed by atoms with E-state index >= 15 is 0 Å². The van der Waals surface area contributed by atoms with Gasteiger partial charge in [0.15, 0.2) is 6.04 Å². The minimum absolute atomic E-state index is 0.207. The van der Waals surface area contributed by atoms with Crippen molar-refractivity contribution in [2.75, 3.05) is 0 Å². The van der Waals surface area contributed by atoms with Crippen LogP contribution in [0.5, 0.6) is 0 Å². The Morgan fingerprint density at radius 3 is 2.35 bits per heavy atom. The molecule has 0 aromatic heterocycles. The number of rotatable bonds is 3. The Morgan fingerprint density at radius 2 is 1.57 bits per heavy atom. The van der Waals surface area contributed by atoms with Crippen LogP contribution in [0.2, 0.25) is 0 Å². The maximum absolute atomic E-state index is 11.6. The van der Waals surface area contributed by atoms with E-state index in [1.165, 1.54) is 0 Å². The van der Waals surface area contributed by atoms with Gasteiger partial charge in [0.25, 0.3) is 0 Å². The summed E-state index contributed by atoms with van der Waals surface area (Å²) in [7, 11) is 0. The smallest absolute Gasteiger partial charge is 0.329 e. The zero-order valence-corrected chi connectivity index (χ0v) is 12.4. The van der Waals surface area contributed by atoms with Crippen LogP contribution in [0.15, 0.2) is 77.8 Å². The predicted molar refractivity (Wildman–Crippen MR) is 91.1 cm³/mol. The molecule has 0 bridgehead atoms. The molecule has 3 aromatic rings. The van der Waals surface area contributed by atoms with Crippen molar-refractivity contribution < 1.29 is 9.90 Å². The van der Waals surface area contributed by atoms with E-state index in [0.29, 0.717) is 0 Å².